The molecule has 0 unspecified atom stereocenters. The van der Waals surface area contributed by atoms with Gasteiger partial charge in [0.25, 0.3) is 0 Å². The van der Waals surface area contributed by atoms with Crippen molar-refractivity contribution in [2.75, 3.05) is 11.9 Å². The van der Waals surface area contributed by atoms with E-state index in [1.54, 1.807) is 0 Å². The Morgan fingerprint density at radius 1 is 0.765 bits per heavy atom. The van der Waals surface area contributed by atoms with Crippen LogP contribution in [0.15, 0.2) is 121 Å². The van der Waals surface area contributed by atoms with E-state index in [-0.39, 0.29) is 0 Å². The first-order valence-electron chi connectivity index (χ1n) is 17.7. The molecule has 6 aromatic carbocycles. The molecule has 2 aromatic heterocycles. The van der Waals surface area contributed by atoms with Crippen molar-refractivity contribution in [2.24, 2.45) is 0 Å². The summed E-state index contributed by atoms with van der Waals surface area (Å²) in [6.45, 7) is 3.09. The Morgan fingerprint density at radius 3 is 2.49 bits per heavy atom. The van der Waals surface area contributed by atoms with E-state index in [0.29, 0.717) is 29.9 Å². The number of benzene rings is 6. The lowest BCUT2D eigenvalue weighted by atomic mass is 9.72. The summed E-state index contributed by atoms with van der Waals surface area (Å²) in [5.41, 5.74) is 14.9. The van der Waals surface area contributed by atoms with Crippen LogP contribution in [0.4, 0.5) is 5.82 Å². The highest BCUT2D eigenvalue weighted by Gasteiger charge is 2.37. The maximum Gasteiger partial charge on any atom is 0.237 e. The fourth-order valence-electron chi connectivity index (χ4n) is 9.26. The van der Waals surface area contributed by atoms with Crippen LogP contribution in [0.2, 0.25) is 0 Å². The Labute approximate surface area is 295 Å². The molecule has 1 aliphatic heterocycles. The van der Waals surface area contributed by atoms with Gasteiger partial charge in [0.05, 0.1) is 28.4 Å². The second-order valence-electron chi connectivity index (χ2n) is 14.1. The number of nitrogens with one attached hydrogen (secondary N) is 1. The van der Waals surface area contributed by atoms with Gasteiger partial charge in [-0.2, -0.15) is 10.2 Å². The minimum absolute atomic E-state index is 0.372. The summed E-state index contributed by atoms with van der Waals surface area (Å²) < 4.78 is 2.29. The number of fused-ring (bicyclic) bond motifs is 13. The van der Waals surface area contributed by atoms with E-state index >= 15 is 0 Å². The molecule has 0 saturated carbocycles. The summed E-state index contributed by atoms with van der Waals surface area (Å²) in [5, 5.41) is 18.2. The van der Waals surface area contributed by atoms with Crippen molar-refractivity contribution in [3.63, 3.8) is 0 Å². The summed E-state index contributed by atoms with van der Waals surface area (Å²) in [6, 6.07) is 43.8. The first-order chi connectivity index (χ1) is 25.2. The van der Waals surface area contributed by atoms with Gasteiger partial charge >= 0.3 is 0 Å². The largest absolute Gasteiger partial charge is 0.366 e. The van der Waals surface area contributed by atoms with Crippen molar-refractivity contribution in [3.8, 4) is 45.5 Å². The van der Waals surface area contributed by atoms with Crippen molar-refractivity contribution in [2.45, 2.75) is 25.2 Å². The van der Waals surface area contributed by atoms with Crippen LogP contribution < -0.4 is 5.32 Å². The number of nitrogens with zero attached hydrogens (tertiary/aromatic N) is 4. The fourth-order valence-corrected chi connectivity index (χ4v) is 9.26. The summed E-state index contributed by atoms with van der Waals surface area (Å²) in [7, 11) is 0. The molecule has 0 saturated heterocycles. The van der Waals surface area contributed by atoms with E-state index in [1.165, 1.54) is 60.5 Å². The topological polar surface area (TPSA) is 66.5 Å². The van der Waals surface area contributed by atoms with Crippen molar-refractivity contribution >= 4 is 44.5 Å². The van der Waals surface area contributed by atoms with Crippen molar-refractivity contribution in [1.29, 1.82) is 5.26 Å². The third-order valence-corrected chi connectivity index (χ3v) is 11.5. The van der Waals surface area contributed by atoms with E-state index in [0.717, 1.165) is 40.1 Å². The molecule has 2 bridgehead atoms. The standard InChI is InChI=1S/C46H31N5/c1-26-30-13-4-5-15-32(30)37-24-40-43(41-34-17-7-6-16-33(34)36(26)23-38(37)41)42-31-14-3-2-11-28(31)19-20-39(42)51(40)46-49-44(29-12-8-10-27(22-29)25-47)35-18-9-21-48-45(35)50-46/h2-20,22,24,26,36H,21,23H2,1H3,(H,48,49,50)/t26-,36+/m0/s1. The van der Waals surface area contributed by atoms with Gasteiger partial charge in [-0.1, -0.05) is 110 Å². The van der Waals surface area contributed by atoms with Crippen LogP contribution in [-0.2, 0) is 6.42 Å². The molecule has 1 N–H and O–H groups in total. The van der Waals surface area contributed by atoms with Crippen LogP contribution >= 0.6 is 0 Å². The van der Waals surface area contributed by atoms with Crippen LogP contribution in [-0.4, -0.2) is 21.1 Å². The van der Waals surface area contributed by atoms with Gasteiger partial charge in [-0.05, 0) is 92.2 Å². The molecule has 2 atom stereocenters. The highest BCUT2D eigenvalue weighted by atomic mass is 15.2. The molecular weight excluding hydrogens is 623 g/mol. The highest BCUT2D eigenvalue weighted by molar-refractivity contribution is 6.26. The average Bonchev–Trinajstić information content (AvgIpc) is 3.48. The van der Waals surface area contributed by atoms with E-state index in [1.807, 2.05) is 24.3 Å². The molecule has 5 nitrogen and oxygen atoms in total. The third-order valence-electron chi connectivity index (χ3n) is 11.5. The summed E-state index contributed by atoms with van der Waals surface area (Å²) in [6.07, 6.45) is 5.19. The lowest BCUT2D eigenvalue weighted by molar-refractivity contribution is 0.575. The molecule has 0 radical (unpaired) electrons. The predicted molar refractivity (Wildman–Crippen MR) is 207 cm³/mol. The molecule has 0 fully saturated rings. The van der Waals surface area contributed by atoms with E-state index in [4.69, 9.17) is 9.97 Å². The molecule has 0 amide bonds. The van der Waals surface area contributed by atoms with Crippen LogP contribution in [0.25, 0.3) is 78.1 Å². The number of rotatable bonds is 2. The number of anilines is 1. The maximum absolute atomic E-state index is 9.79. The zero-order chi connectivity index (χ0) is 33.8. The normalized spacial score (nSPS) is 16.6. The Bertz CT molecular complexity index is 2890. The predicted octanol–water partition coefficient (Wildman–Crippen LogP) is 10.8. The first kappa shape index (κ1) is 28.3. The quantitative estimate of drug-likeness (QED) is 0.202. The SMILES string of the molecule is C[C@H]1c2ccccc2-c2cc3c(c4c2C[C@H]1c1ccccc1-4)c1c2ccccc2ccc1n3-c1nc2c(c(-c3cccc(C#N)c3)n1)C=CCN2. The highest BCUT2D eigenvalue weighted by Crippen LogP contribution is 2.56. The van der Waals surface area contributed by atoms with E-state index < -0.39 is 0 Å². The number of aromatic nitrogens is 3. The zero-order valence-corrected chi connectivity index (χ0v) is 28.0. The van der Waals surface area contributed by atoms with Gasteiger partial charge in [0, 0.05) is 28.4 Å². The Hall–Kier alpha value is -6.51. The molecule has 5 heteroatoms. The number of hydrogen-bond acceptors (Lipinski definition) is 4. The van der Waals surface area contributed by atoms with Crippen molar-refractivity contribution < 1.29 is 0 Å². The van der Waals surface area contributed by atoms with E-state index in [9.17, 15) is 5.26 Å². The van der Waals surface area contributed by atoms with Crippen molar-refractivity contribution in [1.82, 2.24) is 14.5 Å². The van der Waals surface area contributed by atoms with Gasteiger partial charge in [-0.3, -0.25) is 4.57 Å². The molecule has 240 valence electrons. The average molecular weight is 654 g/mol. The third kappa shape index (κ3) is 3.90. The van der Waals surface area contributed by atoms with Gasteiger partial charge in [0.15, 0.2) is 0 Å². The lowest BCUT2D eigenvalue weighted by Gasteiger charge is -2.31. The van der Waals surface area contributed by atoms with Crippen LogP contribution in [0.1, 0.15) is 46.6 Å². The van der Waals surface area contributed by atoms with Gasteiger partial charge in [0.2, 0.25) is 5.95 Å². The summed E-state index contributed by atoms with van der Waals surface area (Å²) in [4.78, 5) is 10.7. The Kier molecular flexibility index (Phi) is 5.83. The summed E-state index contributed by atoms with van der Waals surface area (Å²) >= 11 is 0. The number of nitriles is 1. The molecule has 8 aromatic rings. The van der Waals surface area contributed by atoms with Gasteiger partial charge < -0.3 is 5.32 Å². The molecule has 3 aliphatic rings. The number of hydrogen-bond donors (Lipinski definition) is 1. The minimum Gasteiger partial charge on any atom is -0.366 e. The maximum atomic E-state index is 9.79. The molecule has 51 heavy (non-hydrogen) atoms. The fraction of sp³-hybridized carbons (Fsp3) is 0.109. The van der Waals surface area contributed by atoms with Crippen molar-refractivity contribution in [3.05, 3.63) is 149 Å². The smallest absolute Gasteiger partial charge is 0.237 e. The second kappa shape index (κ2) is 10.5. The summed E-state index contributed by atoms with van der Waals surface area (Å²) in [5.74, 6) is 2.16. The second-order valence-corrected chi connectivity index (χ2v) is 14.1. The molecule has 3 heterocycles. The lowest BCUT2D eigenvalue weighted by Crippen LogP contribution is -2.15. The monoisotopic (exact) mass is 653 g/mol. The van der Waals surface area contributed by atoms with Gasteiger partial charge in [-0.15, -0.1) is 0 Å². The molecule has 11 rings (SSSR count). The van der Waals surface area contributed by atoms with Crippen LogP contribution in [0, 0.1) is 11.3 Å². The molecule has 2 aliphatic carbocycles. The Morgan fingerprint density at radius 2 is 1.59 bits per heavy atom. The minimum atomic E-state index is 0.372. The van der Waals surface area contributed by atoms with Gasteiger partial charge in [-0.25, -0.2) is 4.98 Å². The first-order valence-corrected chi connectivity index (χ1v) is 17.7. The van der Waals surface area contributed by atoms with Gasteiger partial charge in [0.1, 0.15) is 5.82 Å². The molecule has 0 spiro atoms. The van der Waals surface area contributed by atoms with Crippen LogP contribution in [0.5, 0.6) is 0 Å². The Balaban J connectivity index is 1.34. The van der Waals surface area contributed by atoms with E-state index in [2.05, 4.69) is 126 Å². The van der Waals surface area contributed by atoms with Crippen LogP contribution in [0.3, 0.4) is 0 Å². The molecular formula is C46H31N5. The zero-order valence-electron chi connectivity index (χ0n) is 28.0.